The van der Waals surface area contributed by atoms with Crippen molar-refractivity contribution < 1.29 is 22.8 Å². The summed E-state index contributed by atoms with van der Waals surface area (Å²) in [4.78, 5) is 9.79. The van der Waals surface area contributed by atoms with Gasteiger partial charge in [-0.25, -0.2) is 0 Å². The monoisotopic (exact) mass is 274 g/mol. The minimum atomic E-state index is -4.76. The molecule has 0 N–H and O–H groups in total. The first-order chi connectivity index (χ1) is 8.81. The Bertz CT molecular complexity index is 535. The minimum Gasteiger partial charge on any atom is -0.493 e. The molecular formula is C11H9F3N2O3. The maximum absolute atomic E-state index is 12.8. The van der Waals surface area contributed by atoms with Gasteiger partial charge in [-0.2, -0.15) is 18.4 Å². The van der Waals surface area contributed by atoms with E-state index in [1.54, 1.807) is 6.07 Å². The summed E-state index contributed by atoms with van der Waals surface area (Å²) in [5.41, 5.74) is -2.07. The molecule has 1 aromatic rings. The molecule has 0 fully saturated rings. The lowest BCUT2D eigenvalue weighted by atomic mass is 10.1. The van der Waals surface area contributed by atoms with E-state index >= 15 is 0 Å². The standard InChI is InChI=1S/C11H9F3N2O3/c1-2-19-10-5-7(3-4-15)9(16(17)18)6-8(10)11(12,13)14/h5-6H,2-3H2,1H3. The number of nitro groups is 1. The van der Waals surface area contributed by atoms with Crippen LogP contribution in [0.15, 0.2) is 12.1 Å². The van der Waals surface area contributed by atoms with Crippen molar-refractivity contribution in [2.24, 2.45) is 0 Å². The topological polar surface area (TPSA) is 76.2 Å². The average Bonchev–Trinajstić information content (AvgIpc) is 2.28. The lowest BCUT2D eigenvalue weighted by Crippen LogP contribution is -2.10. The number of nitrogens with zero attached hydrogens (tertiary/aromatic N) is 2. The molecule has 0 saturated carbocycles. The fourth-order valence-electron chi connectivity index (χ4n) is 1.50. The molecule has 0 amide bonds. The van der Waals surface area contributed by atoms with E-state index in [2.05, 4.69) is 0 Å². The van der Waals surface area contributed by atoms with Gasteiger partial charge in [0.1, 0.15) is 11.3 Å². The van der Waals surface area contributed by atoms with Crippen molar-refractivity contribution in [1.82, 2.24) is 0 Å². The zero-order valence-corrected chi connectivity index (χ0v) is 9.82. The fraction of sp³-hybridized carbons (Fsp3) is 0.364. The van der Waals surface area contributed by atoms with E-state index in [4.69, 9.17) is 10.00 Å². The molecule has 102 valence electrons. The number of halogens is 3. The number of nitriles is 1. The quantitative estimate of drug-likeness (QED) is 0.624. The fourth-order valence-corrected chi connectivity index (χ4v) is 1.50. The maximum Gasteiger partial charge on any atom is 0.420 e. The lowest BCUT2D eigenvalue weighted by molar-refractivity contribution is -0.385. The first-order valence-corrected chi connectivity index (χ1v) is 5.19. The van der Waals surface area contributed by atoms with Crippen molar-refractivity contribution in [3.8, 4) is 11.8 Å². The number of ether oxygens (including phenoxy) is 1. The van der Waals surface area contributed by atoms with Crippen LogP contribution in [0.4, 0.5) is 18.9 Å². The SMILES string of the molecule is CCOc1cc(CC#N)c([N+](=O)[O-])cc1C(F)(F)F. The second-order valence-electron chi connectivity index (χ2n) is 3.50. The van der Waals surface area contributed by atoms with Crippen LogP contribution >= 0.6 is 0 Å². The first kappa shape index (κ1) is 14.8. The van der Waals surface area contributed by atoms with E-state index in [-0.39, 0.29) is 18.6 Å². The summed E-state index contributed by atoms with van der Waals surface area (Å²) in [6.45, 7) is 1.47. The highest BCUT2D eigenvalue weighted by molar-refractivity contribution is 5.52. The molecule has 0 bridgehead atoms. The Hall–Kier alpha value is -2.30. The van der Waals surface area contributed by atoms with Gasteiger partial charge in [0.05, 0.1) is 24.0 Å². The summed E-state index contributed by atoms with van der Waals surface area (Å²) in [5, 5.41) is 19.3. The predicted octanol–water partition coefficient (Wildman–Crippen LogP) is 3.08. The molecule has 0 atom stereocenters. The predicted molar refractivity (Wildman–Crippen MR) is 58.6 cm³/mol. The molecule has 0 radical (unpaired) electrons. The number of hydrogen-bond donors (Lipinski definition) is 0. The molecule has 0 spiro atoms. The van der Waals surface area contributed by atoms with Gasteiger partial charge in [0.2, 0.25) is 0 Å². The Balaban J connectivity index is 3.51. The molecule has 0 unspecified atom stereocenters. The molecule has 0 aliphatic carbocycles. The van der Waals surface area contributed by atoms with Gasteiger partial charge in [-0.1, -0.05) is 0 Å². The number of nitro benzene ring substituents is 1. The van der Waals surface area contributed by atoms with Crippen LogP contribution in [0.25, 0.3) is 0 Å². The Morgan fingerprint density at radius 1 is 1.47 bits per heavy atom. The summed E-state index contributed by atoms with van der Waals surface area (Å²) < 4.78 is 43.1. The summed E-state index contributed by atoms with van der Waals surface area (Å²) in [6, 6.07) is 2.96. The van der Waals surface area contributed by atoms with Gasteiger partial charge < -0.3 is 4.74 Å². The van der Waals surface area contributed by atoms with Gasteiger partial charge >= 0.3 is 6.18 Å². The highest BCUT2D eigenvalue weighted by atomic mass is 19.4. The van der Waals surface area contributed by atoms with Crippen molar-refractivity contribution >= 4 is 5.69 Å². The van der Waals surface area contributed by atoms with Crippen molar-refractivity contribution in [1.29, 1.82) is 5.26 Å². The van der Waals surface area contributed by atoms with E-state index in [1.165, 1.54) is 6.92 Å². The normalized spacial score (nSPS) is 10.9. The van der Waals surface area contributed by atoms with E-state index in [0.717, 1.165) is 6.07 Å². The van der Waals surface area contributed by atoms with Crippen molar-refractivity contribution in [2.45, 2.75) is 19.5 Å². The summed E-state index contributed by atoms with van der Waals surface area (Å²) in [5.74, 6) is -0.508. The van der Waals surface area contributed by atoms with Gasteiger partial charge in [0.25, 0.3) is 5.69 Å². The van der Waals surface area contributed by atoms with Gasteiger partial charge in [-0.05, 0) is 13.0 Å². The van der Waals surface area contributed by atoms with E-state index in [1.807, 2.05) is 0 Å². The highest BCUT2D eigenvalue weighted by Crippen LogP contribution is 2.40. The van der Waals surface area contributed by atoms with Crippen LogP contribution < -0.4 is 4.74 Å². The maximum atomic E-state index is 12.8. The Labute approximate surface area is 106 Å². The molecule has 0 aliphatic heterocycles. The second kappa shape index (κ2) is 5.56. The largest absolute Gasteiger partial charge is 0.493 e. The third-order valence-corrected chi connectivity index (χ3v) is 2.25. The minimum absolute atomic E-state index is 0.0209. The third kappa shape index (κ3) is 3.34. The van der Waals surface area contributed by atoms with E-state index in [9.17, 15) is 23.3 Å². The molecule has 8 heteroatoms. The molecule has 5 nitrogen and oxygen atoms in total. The van der Waals surface area contributed by atoms with Crippen molar-refractivity contribution in [2.75, 3.05) is 6.61 Å². The molecule has 1 aromatic carbocycles. The zero-order valence-electron chi connectivity index (χ0n) is 9.82. The lowest BCUT2D eigenvalue weighted by Gasteiger charge is -2.14. The molecule has 0 saturated heterocycles. The molecule has 0 aliphatic rings. The van der Waals surface area contributed by atoms with Gasteiger partial charge in [0, 0.05) is 11.6 Å². The smallest absolute Gasteiger partial charge is 0.420 e. The van der Waals surface area contributed by atoms with Crippen LogP contribution in [0.5, 0.6) is 5.75 Å². The van der Waals surface area contributed by atoms with Gasteiger partial charge in [-0.3, -0.25) is 10.1 Å². The summed E-state index contributed by atoms with van der Waals surface area (Å²) in [6.07, 6.45) is -5.13. The Kier molecular flexibility index (Phi) is 4.32. The molecule has 19 heavy (non-hydrogen) atoms. The summed E-state index contributed by atoms with van der Waals surface area (Å²) >= 11 is 0. The van der Waals surface area contributed by atoms with E-state index < -0.39 is 28.1 Å². The van der Waals surface area contributed by atoms with Crippen LogP contribution in [0.2, 0.25) is 0 Å². The van der Waals surface area contributed by atoms with Crippen LogP contribution in [0.1, 0.15) is 18.1 Å². The molecular weight excluding hydrogens is 265 g/mol. The van der Waals surface area contributed by atoms with Gasteiger partial charge in [0.15, 0.2) is 0 Å². The second-order valence-corrected chi connectivity index (χ2v) is 3.50. The number of rotatable bonds is 4. The highest BCUT2D eigenvalue weighted by Gasteiger charge is 2.37. The van der Waals surface area contributed by atoms with Crippen molar-refractivity contribution in [3.05, 3.63) is 33.4 Å². The molecule has 1 rings (SSSR count). The van der Waals surface area contributed by atoms with Crippen LogP contribution in [0.3, 0.4) is 0 Å². The number of hydrogen-bond acceptors (Lipinski definition) is 4. The number of benzene rings is 1. The molecule has 0 aromatic heterocycles. The first-order valence-electron chi connectivity index (χ1n) is 5.19. The average molecular weight is 274 g/mol. The zero-order chi connectivity index (χ0) is 14.6. The third-order valence-electron chi connectivity index (χ3n) is 2.25. The van der Waals surface area contributed by atoms with Crippen LogP contribution in [0, 0.1) is 21.4 Å². The Morgan fingerprint density at radius 2 is 2.11 bits per heavy atom. The summed E-state index contributed by atoms with van der Waals surface area (Å²) in [7, 11) is 0. The molecule has 0 heterocycles. The Morgan fingerprint density at radius 3 is 2.53 bits per heavy atom. The van der Waals surface area contributed by atoms with Crippen LogP contribution in [-0.4, -0.2) is 11.5 Å². The van der Waals surface area contributed by atoms with Crippen molar-refractivity contribution in [3.63, 3.8) is 0 Å². The van der Waals surface area contributed by atoms with Crippen LogP contribution in [-0.2, 0) is 12.6 Å². The van der Waals surface area contributed by atoms with E-state index in [0.29, 0.717) is 6.07 Å². The van der Waals surface area contributed by atoms with Gasteiger partial charge in [-0.15, -0.1) is 0 Å². The number of alkyl halides is 3.